The van der Waals surface area contributed by atoms with Gasteiger partial charge >= 0.3 is 5.97 Å². The molecule has 1 N–H and O–H groups in total. The summed E-state index contributed by atoms with van der Waals surface area (Å²) in [5, 5.41) is 20.0. The zero-order valence-electron chi connectivity index (χ0n) is 11.6. The highest BCUT2D eigenvalue weighted by Gasteiger charge is 2.23. The summed E-state index contributed by atoms with van der Waals surface area (Å²) in [4.78, 5) is 21.4. The van der Waals surface area contributed by atoms with Crippen LogP contribution in [0.25, 0.3) is 0 Å². The molecule has 0 radical (unpaired) electrons. The van der Waals surface area contributed by atoms with E-state index in [9.17, 15) is 20.0 Å². The van der Waals surface area contributed by atoms with E-state index in [4.69, 9.17) is 9.47 Å². The van der Waals surface area contributed by atoms with E-state index < -0.39 is 10.9 Å². The summed E-state index contributed by atoms with van der Waals surface area (Å²) in [5.41, 5.74) is -0.619. The minimum absolute atomic E-state index is 0.0265. The van der Waals surface area contributed by atoms with Crippen LogP contribution in [0.1, 0.15) is 31.1 Å². The molecule has 0 bridgehead atoms. The molecular formula is C13H17NO6. The van der Waals surface area contributed by atoms with Gasteiger partial charge in [-0.15, -0.1) is 0 Å². The Balaban J connectivity index is 3.34. The van der Waals surface area contributed by atoms with E-state index in [-0.39, 0.29) is 41.9 Å². The molecule has 7 nitrogen and oxygen atoms in total. The Kier molecular flexibility index (Phi) is 5.31. The molecule has 0 atom stereocenters. The number of carboxylic acids is 1. The lowest BCUT2D eigenvalue weighted by atomic mass is 10.1. The first-order valence-electron chi connectivity index (χ1n) is 6.18. The number of benzene rings is 1. The third kappa shape index (κ3) is 3.84. The third-order valence-electron chi connectivity index (χ3n) is 2.34. The molecule has 0 aliphatic rings. The number of nitro groups is 1. The first-order chi connectivity index (χ1) is 9.36. The van der Waals surface area contributed by atoms with Gasteiger partial charge in [0, 0.05) is 6.07 Å². The second kappa shape index (κ2) is 6.74. The van der Waals surface area contributed by atoms with Crippen molar-refractivity contribution in [2.75, 3.05) is 13.2 Å². The fourth-order valence-electron chi connectivity index (χ4n) is 1.51. The molecular weight excluding hydrogens is 266 g/mol. The van der Waals surface area contributed by atoms with Crippen LogP contribution in [0, 0.1) is 16.0 Å². The van der Waals surface area contributed by atoms with Gasteiger partial charge in [0.25, 0.3) is 5.69 Å². The second-order valence-corrected chi connectivity index (χ2v) is 4.52. The van der Waals surface area contributed by atoms with Gasteiger partial charge in [0.05, 0.1) is 24.2 Å². The van der Waals surface area contributed by atoms with Crippen molar-refractivity contribution in [1.82, 2.24) is 0 Å². The molecule has 0 amide bonds. The topological polar surface area (TPSA) is 98.9 Å². The summed E-state index contributed by atoms with van der Waals surface area (Å²) in [6, 6.07) is 2.14. The van der Waals surface area contributed by atoms with Crippen molar-refractivity contribution in [2.24, 2.45) is 5.92 Å². The van der Waals surface area contributed by atoms with Crippen molar-refractivity contribution < 1.29 is 24.3 Å². The van der Waals surface area contributed by atoms with E-state index in [2.05, 4.69) is 0 Å². The molecule has 0 aliphatic carbocycles. The number of hydrogen-bond donors (Lipinski definition) is 1. The monoisotopic (exact) mass is 283 g/mol. The van der Waals surface area contributed by atoms with E-state index in [0.717, 1.165) is 6.07 Å². The van der Waals surface area contributed by atoms with E-state index in [1.807, 2.05) is 13.8 Å². The van der Waals surface area contributed by atoms with Crippen molar-refractivity contribution in [3.05, 3.63) is 27.8 Å². The van der Waals surface area contributed by atoms with Gasteiger partial charge in [0.1, 0.15) is 5.56 Å². The number of hydrogen-bond acceptors (Lipinski definition) is 5. The van der Waals surface area contributed by atoms with Crippen molar-refractivity contribution in [3.8, 4) is 11.5 Å². The number of non-ortho nitro benzene ring substituents is 1. The van der Waals surface area contributed by atoms with Gasteiger partial charge < -0.3 is 14.6 Å². The fourth-order valence-corrected chi connectivity index (χ4v) is 1.51. The zero-order valence-corrected chi connectivity index (χ0v) is 11.6. The molecule has 0 unspecified atom stereocenters. The summed E-state index contributed by atoms with van der Waals surface area (Å²) in [6.07, 6.45) is 0. The molecule has 0 saturated heterocycles. The zero-order chi connectivity index (χ0) is 15.3. The van der Waals surface area contributed by atoms with E-state index in [1.165, 1.54) is 6.07 Å². The summed E-state index contributed by atoms with van der Waals surface area (Å²) >= 11 is 0. The van der Waals surface area contributed by atoms with Crippen molar-refractivity contribution >= 4 is 11.7 Å². The van der Waals surface area contributed by atoms with Crippen LogP contribution >= 0.6 is 0 Å². The molecule has 0 saturated carbocycles. The van der Waals surface area contributed by atoms with Gasteiger partial charge in [-0.05, 0) is 12.8 Å². The van der Waals surface area contributed by atoms with Gasteiger partial charge in [-0.1, -0.05) is 13.8 Å². The van der Waals surface area contributed by atoms with Crippen LogP contribution in [0.15, 0.2) is 12.1 Å². The van der Waals surface area contributed by atoms with E-state index >= 15 is 0 Å². The van der Waals surface area contributed by atoms with Crippen LogP contribution in [0.4, 0.5) is 5.69 Å². The third-order valence-corrected chi connectivity index (χ3v) is 2.34. The first kappa shape index (κ1) is 15.7. The molecule has 0 heterocycles. The summed E-state index contributed by atoms with van der Waals surface area (Å²) in [6.45, 7) is 6.06. The lowest BCUT2D eigenvalue weighted by molar-refractivity contribution is -0.385. The molecule has 1 rings (SSSR count). The maximum absolute atomic E-state index is 11.2. The van der Waals surface area contributed by atoms with Crippen molar-refractivity contribution in [1.29, 1.82) is 0 Å². The van der Waals surface area contributed by atoms with Gasteiger partial charge in [-0.25, -0.2) is 4.79 Å². The standard InChI is InChI=1S/C13H17NO6/c1-4-19-11-6-9(14(17)18)5-10(13(15)16)12(11)20-7-8(2)3/h5-6,8H,4,7H2,1-3H3,(H,15,16). The molecule has 1 aromatic carbocycles. The molecule has 0 fully saturated rings. The highest BCUT2D eigenvalue weighted by Crippen LogP contribution is 2.36. The highest BCUT2D eigenvalue weighted by molar-refractivity contribution is 5.93. The second-order valence-electron chi connectivity index (χ2n) is 4.52. The predicted octanol–water partition coefficient (Wildman–Crippen LogP) is 2.73. The Morgan fingerprint density at radius 3 is 2.50 bits per heavy atom. The van der Waals surface area contributed by atoms with Crippen molar-refractivity contribution in [2.45, 2.75) is 20.8 Å². The maximum atomic E-state index is 11.2. The number of carboxylic acid groups (broad SMARTS) is 1. The quantitative estimate of drug-likeness (QED) is 0.610. The Morgan fingerprint density at radius 2 is 2.05 bits per heavy atom. The van der Waals surface area contributed by atoms with Crippen LogP contribution in [0.3, 0.4) is 0 Å². The molecule has 20 heavy (non-hydrogen) atoms. The molecule has 110 valence electrons. The SMILES string of the molecule is CCOc1cc([N+](=O)[O-])cc(C(=O)O)c1OCC(C)C. The van der Waals surface area contributed by atoms with Gasteiger partial charge in [0.15, 0.2) is 11.5 Å². The van der Waals surface area contributed by atoms with Crippen LogP contribution in [-0.2, 0) is 0 Å². The number of rotatable bonds is 7. The Morgan fingerprint density at radius 1 is 1.40 bits per heavy atom. The maximum Gasteiger partial charge on any atom is 0.339 e. The Hall–Kier alpha value is -2.31. The largest absolute Gasteiger partial charge is 0.490 e. The summed E-state index contributed by atoms with van der Waals surface area (Å²) < 4.78 is 10.7. The van der Waals surface area contributed by atoms with E-state index in [0.29, 0.717) is 0 Å². The number of nitro benzene ring substituents is 1. The molecule has 1 aromatic rings. The first-order valence-corrected chi connectivity index (χ1v) is 6.18. The van der Waals surface area contributed by atoms with Crippen molar-refractivity contribution in [3.63, 3.8) is 0 Å². The number of nitrogens with zero attached hydrogens (tertiary/aromatic N) is 1. The lowest BCUT2D eigenvalue weighted by Crippen LogP contribution is -2.11. The minimum atomic E-state index is -1.30. The molecule has 0 aromatic heterocycles. The number of ether oxygens (including phenoxy) is 2. The van der Waals surface area contributed by atoms with Crippen LogP contribution in [-0.4, -0.2) is 29.2 Å². The Bertz CT molecular complexity index is 512. The molecule has 7 heteroatoms. The van der Waals surface area contributed by atoms with Gasteiger partial charge in [0.2, 0.25) is 0 Å². The number of carbonyl (C=O) groups is 1. The summed E-state index contributed by atoms with van der Waals surface area (Å²) in [5.74, 6) is -1.02. The smallest absolute Gasteiger partial charge is 0.339 e. The molecule has 0 aliphatic heterocycles. The van der Waals surface area contributed by atoms with Crippen LogP contribution in [0.5, 0.6) is 11.5 Å². The van der Waals surface area contributed by atoms with Crippen LogP contribution in [0.2, 0.25) is 0 Å². The van der Waals surface area contributed by atoms with Crippen LogP contribution < -0.4 is 9.47 Å². The minimum Gasteiger partial charge on any atom is -0.490 e. The average Bonchev–Trinajstić information content (AvgIpc) is 2.36. The predicted molar refractivity (Wildman–Crippen MR) is 71.6 cm³/mol. The van der Waals surface area contributed by atoms with Gasteiger partial charge in [-0.3, -0.25) is 10.1 Å². The fraction of sp³-hybridized carbons (Fsp3) is 0.462. The molecule has 0 spiro atoms. The number of aromatic carboxylic acids is 1. The highest BCUT2D eigenvalue weighted by atomic mass is 16.6. The summed E-state index contributed by atoms with van der Waals surface area (Å²) in [7, 11) is 0. The average molecular weight is 283 g/mol. The lowest BCUT2D eigenvalue weighted by Gasteiger charge is -2.15. The normalized spacial score (nSPS) is 10.4. The Labute approximate surface area is 116 Å². The van der Waals surface area contributed by atoms with E-state index in [1.54, 1.807) is 6.92 Å². The van der Waals surface area contributed by atoms with Gasteiger partial charge in [-0.2, -0.15) is 0 Å².